The number of amides is 1. The molecule has 0 aliphatic carbocycles. The molecule has 1 fully saturated rings. The number of carbonyl (C=O) groups excluding carboxylic acids is 2. The Morgan fingerprint density at radius 3 is 2.28 bits per heavy atom. The van der Waals surface area contributed by atoms with Crippen LogP contribution >= 0.6 is 12.2 Å². The Bertz CT molecular complexity index is 1340. The molecule has 202 valence electrons. The standard InChI is InChI=1S/C28H28N4O6S/c1-2-37-27(34)22-10-13-24(25(18-22)32(35)36)30-14-16-31(17-15-30)28(39)29-26(33)21-8-11-23(12-9-21)38-19-20-6-4-3-5-7-20/h3-13,18H,2,14-17,19H2,1H3,(H,29,33,39). The van der Waals surface area contributed by atoms with Gasteiger partial charge in [0.2, 0.25) is 0 Å². The minimum Gasteiger partial charge on any atom is -0.489 e. The van der Waals surface area contributed by atoms with E-state index in [0.29, 0.717) is 49.8 Å². The second-order valence-corrected chi connectivity index (χ2v) is 9.10. The number of nitro benzene ring substituents is 1. The first-order valence-corrected chi connectivity index (χ1v) is 12.8. The van der Waals surface area contributed by atoms with Gasteiger partial charge in [-0.1, -0.05) is 30.3 Å². The van der Waals surface area contributed by atoms with Gasteiger partial charge >= 0.3 is 5.97 Å². The summed E-state index contributed by atoms with van der Waals surface area (Å²) >= 11 is 5.46. The normalized spacial score (nSPS) is 12.9. The van der Waals surface area contributed by atoms with E-state index in [1.807, 2.05) is 40.1 Å². The molecule has 1 amide bonds. The Morgan fingerprint density at radius 1 is 0.974 bits per heavy atom. The van der Waals surface area contributed by atoms with Gasteiger partial charge < -0.3 is 19.3 Å². The third-order valence-electron chi connectivity index (χ3n) is 6.18. The third-order valence-corrected chi connectivity index (χ3v) is 6.54. The molecular formula is C28H28N4O6S. The molecule has 1 aliphatic rings. The number of piperazine rings is 1. The van der Waals surface area contributed by atoms with Crippen molar-refractivity contribution in [3.63, 3.8) is 0 Å². The highest BCUT2D eigenvalue weighted by atomic mass is 32.1. The number of hydrogen-bond donors (Lipinski definition) is 1. The fourth-order valence-electron chi connectivity index (χ4n) is 4.12. The number of nitrogens with one attached hydrogen (secondary N) is 1. The van der Waals surface area contributed by atoms with Crippen LogP contribution in [0.15, 0.2) is 72.8 Å². The lowest BCUT2D eigenvalue weighted by molar-refractivity contribution is -0.384. The largest absolute Gasteiger partial charge is 0.489 e. The average molecular weight is 549 g/mol. The van der Waals surface area contributed by atoms with Crippen LogP contribution in [0.2, 0.25) is 0 Å². The van der Waals surface area contributed by atoms with E-state index in [9.17, 15) is 19.7 Å². The molecule has 11 heteroatoms. The number of benzene rings is 3. The van der Waals surface area contributed by atoms with Crippen molar-refractivity contribution in [2.24, 2.45) is 0 Å². The fourth-order valence-corrected chi connectivity index (χ4v) is 4.40. The minimum atomic E-state index is -0.604. The Hall–Kier alpha value is -4.51. The number of anilines is 1. The van der Waals surface area contributed by atoms with E-state index in [-0.39, 0.29) is 28.9 Å². The van der Waals surface area contributed by atoms with Crippen LogP contribution in [0.4, 0.5) is 11.4 Å². The van der Waals surface area contributed by atoms with Crippen LogP contribution in [0.3, 0.4) is 0 Å². The van der Waals surface area contributed by atoms with Gasteiger partial charge in [0, 0.05) is 37.8 Å². The summed E-state index contributed by atoms with van der Waals surface area (Å²) in [6.45, 7) is 4.10. The Balaban J connectivity index is 1.30. The molecule has 1 heterocycles. The lowest BCUT2D eigenvalue weighted by Crippen LogP contribution is -2.52. The van der Waals surface area contributed by atoms with E-state index < -0.39 is 10.9 Å². The van der Waals surface area contributed by atoms with Gasteiger partial charge in [-0.3, -0.25) is 20.2 Å². The summed E-state index contributed by atoms with van der Waals surface area (Å²) in [5.41, 5.74) is 1.87. The zero-order valence-corrected chi connectivity index (χ0v) is 22.2. The van der Waals surface area contributed by atoms with Gasteiger partial charge in [0.15, 0.2) is 5.11 Å². The summed E-state index contributed by atoms with van der Waals surface area (Å²) in [6.07, 6.45) is 0. The minimum absolute atomic E-state index is 0.130. The third kappa shape index (κ3) is 7.08. The van der Waals surface area contributed by atoms with Gasteiger partial charge in [-0.2, -0.15) is 0 Å². The van der Waals surface area contributed by atoms with Crippen molar-refractivity contribution >= 4 is 40.6 Å². The first-order chi connectivity index (χ1) is 18.9. The Morgan fingerprint density at radius 2 is 1.64 bits per heavy atom. The fraction of sp³-hybridized carbons (Fsp3) is 0.250. The second-order valence-electron chi connectivity index (χ2n) is 8.71. The molecule has 3 aromatic rings. The summed E-state index contributed by atoms with van der Waals surface area (Å²) in [7, 11) is 0. The zero-order chi connectivity index (χ0) is 27.8. The number of esters is 1. The molecule has 1 N–H and O–H groups in total. The lowest BCUT2D eigenvalue weighted by Gasteiger charge is -2.37. The van der Waals surface area contributed by atoms with Crippen molar-refractivity contribution < 1.29 is 24.0 Å². The highest BCUT2D eigenvalue weighted by molar-refractivity contribution is 7.80. The molecule has 1 saturated heterocycles. The monoisotopic (exact) mass is 548 g/mol. The number of nitro groups is 1. The molecular weight excluding hydrogens is 520 g/mol. The van der Waals surface area contributed by atoms with E-state index in [1.165, 1.54) is 12.1 Å². The van der Waals surface area contributed by atoms with Gasteiger partial charge in [0.05, 0.1) is 17.1 Å². The van der Waals surface area contributed by atoms with Crippen molar-refractivity contribution in [2.75, 3.05) is 37.7 Å². The van der Waals surface area contributed by atoms with Crippen LogP contribution < -0.4 is 15.0 Å². The number of carbonyl (C=O) groups is 2. The summed E-state index contributed by atoms with van der Waals surface area (Å²) in [5.74, 6) is -0.284. The maximum atomic E-state index is 12.7. The van der Waals surface area contributed by atoms with Gasteiger partial charge in [-0.25, -0.2) is 4.79 Å². The average Bonchev–Trinajstić information content (AvgIpc) is 2.96. The van der Waals surface area contributed by atoms with E-state index in [2.05, 4.69) is 5.32 Å². The molecule has 3 aromatic carbocycles. The molecule has 0 atom stereocenters. The van der Waals surface area contributed by atoms with Gasteiger partial charge in [0.1, 0.15) is 18.0 Å². The molecule has 0 aromatic heterocycles. The molecule has 0 spiro atoms. The molecule has 39 heavy (non-hydrogen) atoms. The van der Waals surface area contributed by atoms with Crippen molar-refractivity contribution in [1.29, 1.82) is 0 Å². The SMILES string of the molecule is CCOC(=O)c1ccc(N2CCN(C(=S)NC(=O)c3ccc(OCc4ccccc4)cc3)CC2)c([N+](=O)[O-])c1. The number of nitrogens with zero attached hydrogens (tertiary/aromatic N) is 3. The Labute approximate surface area is 231 Å². The first kappa shape index (κ1) is 27.5. The Kier molecular flexibility index (Phi) is 9.06. The van der Waals surface area contributed by atoms with Crippen LogP contribution in [0, 0.1) is 10.1 Å². The molecule has 1 aliphatic heterocycles. The molecule has 0 radical (unpaired) electrons. The number of thiocarbonyl (C=S) groups is 1. The van der Waals surface area contributed by atoms with Crippen LogP contribution in [0.5, 0.6) is 5.75 Å². The van der Waals surface area contributed by atoms with Gasteiger partial charge in [0.25, 0.3) is 11.6 Å². The molecule has 4 rings (SSSR count). The summed E-state index contributed by atoms with van der Waals surface area (Å²) in [4.78, 5) is 39.6. The van der Waals surface area contributed by atoms with Crippen LogP contribution in [0.1, 0.15) is 33.2 Å². The van der Waals surface area contributed by atoms with E-state index >= 15 is 0 Å². The predicted molar refractivity (Wildman–Crippen MR) is 150 cm³/mol. The lowest BCUT2D eigenvalue weighted by atomic mass is 10.1. The molecule has 10 nitrogen and oxygen atoms in total. The number of hydrogen-bond acceptors (Lipinski definition) is 8. The molecule has 0 unspecified atom stereocenters. The van der Waals surface area contributed by atoms with E-state index in [1.54, 1.807) is 37.3 Å². The first-order valence-electron chi connectivity index (χ1n) is 12.4. The predicted octanol–water partition coefficient (Wildman–Crippen LogP) is 4.19. The van der Waals surface area contributed by atoms with Crippen LogP contribution in [-0.4, -0.2) is 59.6 Å². The second kappa shape index (κ2) is 12.8. The summed E-state index contributed by atoms with van der Waals surface area (Å²) in [5, 5.41) is 14.7. The number of rotatable bonds is 8. The zero-order valence-electron chi connectivity index (χ0n) is 21.4. The number of ether oxygens (including phenoxy) is 2. The van der Waals surface area contributed by atoms with Gasteiger partial charge in [-0.15, -0.1) is 0 Å². The van der Waals surface area contributed by atoms with E-state index in [4.69, 9.17) is 21.7 Å². The maximum absolute atomic E-state index is 12.7. The highest BCUT2D eigenvalue weighted by Gasteiger charge is 2.26. The van der Waals surface area contributed by atoms with Crippen LogP contribution in [0.25, 0.3) is 0 Å². The van der Waals surface area contributed by atoms with Crippen molar-refractivity contribution in [2.45, 2.75) is 13.5 Å². The topological polar surface area (TPSA) is 114 Å². The van der Waals surface area contributed by atoms with Crippen molar-refractivity contribution in [1.82, 2.24) is 10.2 Å². The molecule has 0 saturated carbocycles. The van der Waals surface area contributed by atoms with Crippen LogP contribution in [-0.2, 0) is 11.3 Å². The summed E-state index contributed by atoms with van der Waals surface area (Å²) in [6, 6.07) is 20.9. The van der Waals surface area contributed by atoms with Crippen molar-refractivity contribution in [3.8, 4) is 5.75 Å². The smallest absolute Gasteiger partial charge is 0.338 e. The maximum Gasteiger partial charge on any atom is 0.338 e. The molecule has 0 bridgehead atoms. The van der Waals surface area contributed by atoms with E-state index in [0.717, 1.165) is 5.56 Å². The van der Waals surface area contributed by atoms with Gasteiger partial charge in [-0.05, 0) is 61.1 Å². The highest BCUT2D eigenvalue weighted by Crippen LogP contribution is 2.30. The van der Waals surface area contributed by atoms with Crippen molar-refractivity contribution in [3.05, 3.63) is 99.6 Å². The quantitative estimate of drug-likeness (QED) is 0.192. The summed E-state index contributed by atoms with van der Waals surface area (Å²) < 4.78 is 10.7.